The molecule has 0 aromatic heterocycles. The third-order valence-electron chi connectivity index (χ3n) is 8.38. The minimum atomic E-state index is -0.571. The molecule has 0 radical (unpaired) electrons. The van der Waals surface area contributed by atoms with Crippen molar-refractivity contribution in [2.24, 2.45) is 17.8 Å². The van der Waals surface area contributed by atoms with Gasteiger partial charge in [-0.1, -0.05) is 42.5 Å². The summed E-state index contributed by atoms with van der Waals surface area (Å²) in [5, 5.41) is 31.6. The van der Waals surface area contributed by atoms with Crippen molar-refractivity contribution in [2.45, 2.75) is 88.9 Å². The summed E-state index contributed by atoms with van der Waals surface area (Å²) in [4.78, 5) is 24.6. The minimum Gasteiger partial charge on any atom is -0.462 e. The van der Waals surface area contributed by atoms with Crippen LogP contribution in [0.25, 0.3) is 0 Å². The van der Waals surface area contributed by atoms with Gasteiger partial charge in [0.1, 0.15) is 5.75 Å². The summed E-state index contributed by atoms with van der Waals surface area (Å²) >= 11 is 0. The highest BCUT2D eigenvalue weighted by molar-refractivity contribution is 5.89. The molecule has 0 spiro atoms. The number of hydrogen-bond donors (Lipinski definition) is 3. The average Bonchev–Trinajstić information content (AvgIpc) is 3.31. The number of rotatable bonds is 18. The van der Waals surface area contributed by atoms with Gasteiger partial charge in [0.25, 0.3) is 0 Å². The molecule has 1 aliphatic carbocycles. The predicted molar refractivity (Wildman–Crippen MR) is 174 cm³/mol. The molecule has 0 bridgehead atoms. The van der Waals surface area contributed by atoms with Crippen molar-refractivity contribution in [1.29, 1.82) is 0 Å². The first-order valence-corrected chi connectivity index (χ1v) is 15.9. The Balaban J connectivity index is 1.33. The lowest BCUT2D eigenvalue weighted by molar-refractivity contribution is -0.134. The van der Waals surface area contributed by atoms with E-state index in [9.17, 15) is 24.9 Å². The first-order chi connectivity index (χ1) is 21.8. The van der Waals surface area contributed by atoms with Gasteiger partial charge in [-0.15, -0.1) is 24.7 Å². The van der Waals surface area contributed by atoms with E-state index in [1.165, 1.54) is 17.7 Å². The Morgan fingerprint density at radius 2 is 1.62 bits per heavy atom. The van der Waals surface area contributed by atoms with Gasteiger partial charge in [0.15, 0.2) is 0 Å². The molecule has 1 saturated carbocycles. The third kappa shape index (κ3) is 12.6. The summed E-state index contributed by atoms with van der Waals surface area (Å²) in [5.74, 6) is 4.34. The summed E-state index contributed by atoms with van der Waals surface area (Å²) in [7, 11) is 0. The molecular weight excluding hydrogens is 568 g/mol. The molecule has 1 unspecified atom stereocenters. The normalized spacial score (nSPS) is 20.0. The molecule has 0 amide bonds. The van der Waals surface area contributed by atoms with Crippen LogP contribution in [0.5, 0.6) is 5.75 Å². The monoisotopic (exact) mass is 614 g/mol. The van der Waals surface area contributed by atoms with Crippen molar-refractivity contribution >= 4 is 11.9 Å². The van der Waals surface area contributed by atoms with Gasteiger partial charge < -0.3 is 24.8 Å². The smallest absolute Gasteiger partial charge is 0.338 e. The largest absolute Gasteiger partial charge is 0.462 e. The lowest BCUT2D eigenvalue weighted by Crippen LogP contribution is -2.23. The van der Waals surface area contributed by atoms with Gasteiger partial charge in [-0.3, -0.25) is 4.79 Å². The maximum absolute atomic E-state index is 12.3. The molecule has 0 heterocycles. The van der Waals surface area contributed by atoms with Crippen LogP contribution in [-0.4, -0.2) is 52.2 Å². The molecule has 7 nitrogen and oxygen atoms in total. The zero-order valence-electron chi connectivity index (χ0n) is 25.9. The Hall–Kier alpha value is -3.88. The van der Waals surface area contributed by atoms with E-state index < -0.39 is 24.3 Å². The number of aliphatic hydroxyl groups is 3. The van der Waals surface area contributed by atoms with E-state index in [0.29, 0.717) is 69.1 Å². The predicted octanol–water partition coefficient (Wildman–Crippen LogP) is 5.66. The molecule has 7 heteroatoms. The van der Waals surface area contributed by atoms with Crippen LogP contribution in [0.2, 0.25) is 0 Å². The number of ether oxygens (including phenoxy) is 2. The van der Waals surface area contributed by atoms with E-state index in [4.69, 9.17) is 22.3 Å². The molecular formula is C38H46O7. The fraction of sp³-hybridized carbons (Fsp3) is 0.474. The second kappa shape index (κ2) is 19.5. The highest BCUT2D eigenvalue weighted by Gasteiger charge is 2.40. The quantitative estimate of drug-likeness (QED) is 0.0653. The van der Waals surface area contributed by atoms with E-state index in [1.54, 1.807) is 12.1 Å². The van der Waals surface area contributed by atoms with Gasteiger partial charge in [-0.2, -0.15) is 0 Å². The summed E-state index contributed by atoms with van der Waals surface area (Å²) in [5.41, 5.74) is 1.53. The number of aliphatic hydroxyl groups excluding tert-OH is 3. The van der Waals surface area contributed by atoms with Gasteiger partial charge in [-0.25, -0.2) is 4.79 Å². The number of carbonyl (C=O) groups is 2. The molecule has 1 fully saturated rings. The molecule has 45 heavy (non-hydrogen) atoms. The number of carbonyl (C=O) groups excluding carboxylic acids is 2. The van der Waals surface area contributed by atoms with Crippen molar-refractivity contribution < 1.29 is 34.4 Å². The second-order valence-corrected chi connectivity index (χ2v) is 11.8. The molecule has 0 saturated heterocycles. The molecule has 240 valence electrons. The van der Waals surface area contributed by atoms with Gasteiger partial charge in [-0.05, 0) is 93.0 Å². The Kier molecular flexibility index (Phi) is 15.4. The number of hydrogen-bond acceptors (Lipinski definition) is 7. The SMILES string of the molecule is C#CCC(CC#C)COC(=O)c1ccc(OC(=O)CCCC=CC[C@@H]2[C@@H](CCC(O)CCc3ccccc3)[C@H](O)C[C@@H]2O)cc1. The van der Waals surface area contributed by atoms with E-state index in [2.05, 4.69) is 24.0 Å². The Morgan fingerprint density at radius 3 is 2.31 bits per heavy atom. The van der Waals surface area contributed by atoms with Crippen LogP contribution < -0.4 is 4.74 Å². The number of benzene rings is 2. The fourth-order valence-electron chi connectivity index (χ4n) is 5.79. The van der Waals surface area contributed by atoms with Crippen molar-refractivity contribution in [3.05, 3.63) is 77.9 Å². The van der Waals surface area contributed by atoms with Crippen molar-refractivity contribution in [2.75, 3.05) is 6.61 Å². The van der Waals surface area contributed by atoms with E-state index in [1.807, 2.05) is 30.4 Å². The summed E-state index contributed by atoms with van der Waals surface area (Å²) in [6, 6.07) is 16.3. The highest BCUT2D eigenvalue weighted by atomic mass is 16.5. The van der Waals surface area contributed by atoms with Crippen LogP contribution in [0.3, 0.4) is 0 Å². The van der Waals surface area contributed by atoms with Crippen molar-refractivity contribution in [3.63, 3.8) is 0 Å². The summed E-state index contributed by atoms with van der Waals surface area (Å²) in [6.45, 7) is 0.141. The number of unbranched alkanes of at least 4 members (excludes halogenated alkanes) is 1. The topological polar surface area (TPSA) is 113 Å². The van der Waals surface area contributed by atoms with Crippen molar-refractivity contribution in [1.82, 2.24) is 0 Å². The standard InChI is InChI=1S/C38H46O7/c1-3-12-29(13-4-2)27-44-38(43)30-19-23-32(24-20-30)45-37(42)17-11-6-5-10-16-33-34(36(41)26-35(33)40)25-22-31(39)21-18-28-14-8-7-9-15-28/h1-2,5,7-10,14-15,19-20,23-24,29,31,33-36,39-41H,6,11-13,16-18,21-22,25-27H2/t31?,33-,34-,35+,36-/m1/s1. The van der Waals surface area contributed by atoms with Crippen LogP contribution >= 0.6 is 0 Å². The Bertz CT molecular complexity index is 1270. The maximum atomic E-state index is 12.3. The van der Waals surface area contributed by atoms with Crippen LogP contribution in [0.1, 0.15) is 80.1 Å². The fourth-order valence-corrected chi connectivity index (χ4v) is 5.79. The Morgan fingerprint density at radius 1 is 0.933 bits per heavy atom. The average molecular weight is 615 g/mol. The van der Waals surface area contributed by atoms with Crippen LogP contribution in [0.15, 0.2) is 66.7 Å². The van der Waals surface area contributed by atoms with E-state index in [0.717, 1.165) is 6.42 Å². The van der Waals surface area contributed by atoms with E-state index in [-0.39, 0.29) is 36.8 Å². The lowest BCUT2D eigenvalue weighted by atomic mass is 9.85. The van der Waals surface area contributed by atoms with Crippen LogP contribution in [0.4, 0.5) is 0 Å². The third-order valence-corrected chi connectivity index (χ3v) is 8.38. The highest BCUT2D eigenvalue weighted by Crippen LogP contribution is 2.38. The molecule has 2 aromatic carbocycles. The second-order valence-electron chi connectivity index (χ2n) is 11.8. The van der Waals surface area contributed by atoms with Gasteiger partial charge in [0, 0.05) is 25.2 Å². The first-order valence-electron chi connectivity index (χ1n) is 15.9. The zero-order valence-corrected chi connectivity index (χ0v) is 25.9. The van der Waals surface area contributed by atoms with Crippen LogP contribution in [0, 0.1) is 42.4 Å². The number of allylic oxidation sites excluding steroid dienone is 2. The summed E-state index contributed by atoms with van der Waals surface area (Å²) in [6.07, 6.45) is 19.2. The van der Waals surface area contributed by atoms with Crippen molar-refractivity contribution in [3.8, 4) is 30.4 Å². The summed E-state index contributed by atoms with van der Waals surface area (Å²) < 4.78 is 10.7. The van der Waals surface area contributed by atoms with Gasteiger partial charge >= 0.3 is 11.9 Å². The molecule has 5 atom stereocenters. The maximum Gasteiger partial charge on any atom is 0.338 e. The Labute approximate surface area is 267 Å². The molecule has 3 N–H and O–H groups in total. The molecule has 1 aliphatic rings. The number of esters is 2. The van der Waals surface area contributed by atoms with E-state index >= 15 is 0 Å². The van der Waals surface area contributed by atoms with Crippen LogP contribution in [-0.2, 0) is 16.0 Å². The zero-order chi connectivity index (χ0) is 32.4. The molecule has 0 aliphatic heterocycles. The van der Waals surface area contributed by atoms with Gasteiger partial charge in [0.2, 0.25) is 0 Å². The number of aryl methyl sites for hydroxylation is 1. The first kappa shape index (κ1) is 35.6. The molecule has 2 aromatic rings. The lowest BCUT2D eigenvalue weighted by Gasteiger charge is -2.23. The molecule has 3 rings (SSSR count). The minimum absolute atomic E-state index is 0.0573. The number of terminal acetylenes is 2. The van der Waals surface area contributed by atoms with Gasteiger partial charge in [0.05, 0.1) is 30.5 Å².